The largest absolute Gasteiger partial charge is 0.394 e. The molecule has 0 aliphatic heterocycles. The molecule has 0 saturated carbocycles. The molecule has 0 aromatic carbocycles. The SMILES string of the molecule is CCCCC(CC)CNc1nc(NCC(O)CO)c(N=Nc2nc(SCC)ns2)c(NC[C@H](O)CO)n1. The number of anilines is 3. The van der Waals surface area contributed by atoms with E-state index in [1.54, 1.807) is 0 Å². The predicted octanol–water partition coefficient (Wildman–Crippen LogP) is 3.01. The van der Waals surface area contributed by atoms with Crippen LogP contribution in [0.4, 0.5) is 28.4 Å². The number of nitrogens with one attached hydrogen (secondary N) is 3. The summed E-state index contributed by atoms with van der Waals surface area (Å²) in [7, 11) is 0. The van der Waals surface area contributed by atoms with Gasteiger partial charge < -0.3 is 36.4 Å². The summed E-state index contributed by atoms with van der Waals surface area (Å²) in [6.07, 6.45) is 2.35. The van der Waals surface area contributed by atoms with Gasteiger partial charge in [-0.25, -0.2) is 0 Å². The molecule has 0 amide bonds. The summed E-state index contributed by atoms with van der Waals surface area (Å²) < 4.78 is 4.23. The van der Waals surface area contributed by atoms with Gasteiger partial charge in [0.05, 0.1) is 25.4 Å². The number of azo groups is 1. The highest BCUT2D eigenvalue weighted by atomic mass is 32.2. The van der Waals surface area contributed by atoms with Crippen LogP contribution >= 0.6 is 23.3 Å². The third kappa shape index (κ3) is 11.0. The van der Waals surface area contributed by atoms with Gasteiger partial charge in [-0.1, -0.05) is 51.8 Å². The Kier molecular flexibility index (Phi) is 14.6. The number of hydrogen-bond donors (Lipinski definition) is 7. The Bertz CT molecular complexity index is 916. The van der Waals surface area contributed by atoms with Crippen LogP contribution < -0.4 is 16.0 Å². The highest BCUT2D eigenvalue weighted by Crippen LogP contribution is 2.34. The van der Waals surface area contributed by atoms with Crippen molar-refractivity contribution in [3.05, 3.63) is 0 Å². The molecule has 0 spiro atoms. The second-order valence-corrected chi connectivity index (χ2v) is 10.3. The molecular weight excluding hydrogens is 518 g/mol. The van der Waals surface area contributed by atoms with Gasteiger partial charge in [0.2, 0.25) is 16.2 Å². The van der Waals surface area contributed by atoms with Crippen LogP contribution in [0.3, 0.4) is 0 Å². The molecule has 0 radical (unpaired) electrons. The van der Waals surface area contributed by atoms with E-state index in [1.165, 1.54) is 11.8 Å². The van der Waals surface area contributed by atoms with E-state index in [-0.39, 0.29) is 30.4 Å². The van der Waals surface area contributed by atoms with E-state index in [2.05, 4.69) is 59.4 Å². The summed E-state index contributed by atoms with van der Waals surface area (Å²) in [5.41, 5.74) is 0.221. The van der Waals surface area contributed by atoms with E-state index < -0.39 is 25.4 Å². The summed E-state index contributed by atoms with van der Waals surface area (Å²) >= 11 is 2.60. The highest BCUT2D eigenvalue weighted by molar-refractivity contribution is 7.99. The minimum Gasteiger partial charge on any atom is -0.394 e. The topological polar surface area (TPSA) is 193 Å². The van der Waals surface area contributed by atoms with Crippen LogP contribution in [-0.2, 0) is 0 Å². The molecule has 2 unspecified atom stereocenters. The Morgan fingerprint density at radius 3 is 2.08 bits per heavy atom. The van der Waals surface area contributed by atoms with Crippen LogP contribution in [0.15, 0.2) is 15.4 Å². The monoisotopic (exact) mass is 557 g/mol. The third-order valence-electron chi connectivity index (χ3n) is 5.31. The first-order valence-corrected chi connectivity index (χ1v) is 14.3. The second-order valence-electron chi connectivity index (χ2n) is 8.32. The van der Waals surface area contributed by atoms with Crippen molar-refractivity contribution in [3.63, 3.8) is 0 Å². The second kappa shape index (κ2) is 17.4. The molecule has 7 N–H and O–H groups in total. The maximum Gasteiger partial charge on any atom is 0.250 e. The van der Waals surface area contributed by atoms with E-state index in [0.717, 1.165) is 43.0 Å². The summed E-state index contributed by atoms with van der Waals surface area (Å²) in [5, 5.41) is 57.0. The van der Waals surface area contributed by atoms with Gasteiger partial charge in [-0.2, -0.15) is 19.3 Å². The molecule has 13 nitrogen and oxygen atoms in total. The Morgan fingerprint density at radius 1 is 0.892 bits per heavy atom. The number of nitrogens with zero attached hydrogens (tertiary/aromatic N) is 6. The molecule has 0 aliphatic carbocycles. The summed E-state index contributed by atoms with van der Waals surface area (Å²) in [6, 6.07) is 0. The highest BCUT2D eigenvalue weighted by Gasteiger charge is 2.18. The predicted molar refractivity (Wildman–Crippen MR) is 147 cm³/mol. The van der Waals surface area contributed by atoms with Gasteiger partial charge in [0.15, 0.2) is 17.3 Å². The molecule has 2 rings (SSSR count). The first kappa shape index (κ1) is 31.1. The molecule has 0 fully saturated rings. The number of unbranched alkanes of at least 4 members (excludes halogenated alkanes) is 1. The van der Waals surface area contributed by atoms with Crippen LogP contribution in [0.5, 0.6) is 0 Å². The average Bonchev–Trinajstić information content (AvgIpc) is 3.36. The molecule has 0 saturated heterocycles. The zero-order chi connectivity index (χ0) is 27.0. The first-order chi connectivity index (χ1) is 17.9. The van der Waals surface area contributed by atoms with Crippen molar-refractivity contribution in [2.45, 2.75) is 63.8 Å². The number of hydrogen-bond acceptors (Lipinski definition) is 15. The zero-order valence-electron chi connectivity index (χ0n) is 21.6. The van der Waals surface area contributed by atoms with Gasteiger partial charge in [-0.15, -0.1) is 10.2 Å². The Balaban J connectivity index is 2.40. The standard InChI is InChI=1S/C22H39N9O4S2/c1-4-7-8-14(5-2)9-25-20-26-18(23-10-15(34)12-32)17(19(27-20)24-11-16(35)13-33)29-30-21-28-22(31-37-21)36-6-3/h14-16,32-35H,4-13H2,1-3H3,(H3,23,24,25,26,27)/t14?,15-,16?/m0/s1. The van der Waals surface area contributed by atoms with E-state index >= 15 is 0 Å². The summed E-state index contributed by atoms with van der Waals surface area (Å²) in [6.45, 7) is 6.17. The van der Waals surface area contributed by atoms with Crippen molar-refractivity contribution in [2.24, 2.45) is 16.1 Å². The normalized spacial score (nSPS) is 14.0. The molecule has 2 aromatic heterocycles. The van der Waals surface area contributed by atoms with Gasteiger partial charge in [-0.3, -0.25) is 0 Å². The van der Waals surface area contributed by atoms with Crippen molar-refractivity contribution >= 4 is 51.7 Å². The lowest BCUT2D eigenvalue weighted by Crippen LogP contribution is -2.25. The fraction of sp³-hybridized carbons (Fsp3) is 0.727. The molecule has 0 bridgehead atoms. The van der Waals surface area contributed by atoms with Crippen LogP contribution in [0.25, 0.3) is 0 Å². The molecule has 15 heteroatoms. The zero-order valence-corrected chi connectivity index (χ0v) is 23.2. The molecule has 0 aliphatic rings. The van der Waals surface area contributed by atoms with Crippen LogP contribution in [0.1, 0.15) is 46.5 Å². The van der Waals surface area contributed by atoms with Crippen LogP contribution in [0.2, 0.25) is 0 Å². The number of aliphatic hydroxyl groups is 4. The van der Waals surface area contributed by atoms with Crippen molar-refractivity contribution in [1.82, 2.24) is 19.3 Å². The van der Waals surface area contributed by atoms with E-state index in [4.69, 9.17) is 0 Å². The van der Waals surface area contributed by atoms with Crippen molar-refractivity contribution in [2.75, 3.05) is 54.6 Å². The molecule has 3 atom stereocenters. The number of aliphatic hydroxyl groups excluding tert-OH is 4. The van der Waals surface area contributed by atoms with Crippen molar-refractivity contribution in [1.29, 1.82) is 0 Å². The van der Waals surface area contributed by atoms with Crippen molar-refractivity contribution in [3.8, 4) is 0 Å². The van der Waals surface area contributed by atoms with Gasteiger partial charge in [0.25, 0.3) is 0 Å². The van der Waals surface area contributed by atoms with Gasteiger partial charge in [-0.05, 0) is 18.1 Å². The van der Waals surface area contributed by atoms with E-state index in [9.17, 15) is 20.4 Å². The lowest BCUT2D eigenvalue weighted by atomic mass is 9.99. The van der Waals surface area contributed by atoms with Gasteiger partial charge >= 0.3 is 0 Å². The first-order valence-electron chi connectivity index (χ1n) is 12.5. The summed E-state index contributed by atoms with van der Waals surface area (Å²) in [4.78, 5) is 13.4. The van der Waals surface area contributed by atoms with Crippen LogP contribution in [0, 0.1) is 5.92 Å². The smallest absolute Gasteiger partial charge is 0.250 e. The van der Waals surface area contributed by atoms with Crippen LogP contribution in [-0.4, -0.2) is 90.6 Å². The number of thioether (sulfide) groups is 1. The Morgan fingerprint density at radius 2 is 1.54 bits per heavy atom. The molecule has 2 aromatic rings. The van der Waals surface area contributed by atoms with Crippen molar-refractivity contribution < 1.29 is 20.4 Å². The molecular formula is C22H39N9O4S2. The molecule has 2 heterocycles. The summed E-state index contributed by atoms with van der Waals surface area (Å²) in [5.74, 6) is 2.15. The Labute approximate surface area is 225 Å². The fourth-order valence-corrected chi connectivity index (χ4v) is 4.33. The average molecular weight is 558 g/mol. The lowest BCUT2D eigenvalue weighted by molar-refractivity contribution is 0.105. The Hall–Kier alpha value is -2.17. The lowest BCUT2D eigenvalue weighted by Gasteiger charge is -2.19. The van der Waals surface area contributed by atoms with E-state index in [0.29, 0.717) is 28.7 Å². The third-order valence-corrected chi connectivity index (χ3v) is 6.76. The maximum atomic E-state index is 9.89. The number of aromatic nitrogens is 4. The number of rotatable bonds is 19. The quantitative estimate of drug-likeness (QED) is 0.0987. The minimum absolute atomic E-state index is 0.0123. The van der Waals surface area contributed by atoms with Gasteiger partial charge in [0, 0.05) is 31.2 Å². The minimum atomic E-state index is -1.01. The molecule has 208 valence electrons. The van der Waals surface area contributed by atoms with E-state index in [1.807, 2.05) is 6.92 Å². The molecule has 37 heavy (non-hydrogen) atoms. The fourth-order valence-electron chi connectivity index (χ4n) is 3.14. The van der Waals surface area contributed by atoms with Gasteiger partial charge in [0.1, 0.15) is 0 Å². The maximum absolute atomic E-state index is 9.89.